The van der Waals surface area contributed by atoms with E-state index in [9.17, 15) is 14.4 Å². The molecule has 1 aromatic rings. The fourth-order valence-electron chi connectivity index (χ4n) is 2.93. The molecule has 0 saturated carbocycles. The van der Waals surface area contributed by atoms with Crippen LogP contribution in [0.1, 0.15) is 25.8 Å². The number of amides is 1. The molecule has 0 unspecified atom stereocenters. The van der Waals surface area contributed by atoms with Gasteiger partial charge in [-0.15, -0.1) is 0 Å². The number of esters is 2. The van der Waals surface area contributed by atoms with Crippen molar-refractivity contribution in [1.29, 1.82) is 0 Å². The van der Waals surface area contributed by atoms with E-state index in [1.165, 1.54) is 0 Å². The normalized spacial score (nSPS) is 27.2. The van der Waals surface area contributed by atoms with Gasteiger partial charge in [0, 0.05) is 25.9 Å². The van der Waals surface area contributed by atoms with E-state index in [0.717, 1.165) is 5.56 Å². The highest BCUT2D eigenvalue weighted by atomic mass is 16.6. The van der Waals surface area contributed by atoms with Crippen LogP contribution in [-0.2, 0) is 35.0 Å². The number of hydrogen-bond donors (Lipinski definition) is 1. The molecular weight excluding hydrogens is 374 g/mol. The molecule has 29 heavy (non-hydrogen) atoms. The van der Waals surface area contributed by atoms with E-state index in [1.54, 1.807) is 20.1 Å². The summed E-state index contributed by atoms with van der Waals surface area (Å²) in [6.07, 6.45) is 3.66. The molecule has 0 aromatic heterocycles. The Balaban J connectivity index is 2.17. The molecule has 1 aliphatic heterocycles. The molecule has 0 aliphatic carbocycles. The third-order valence-corrected chi connectivity index (χ3v) is 4.80. The van der Waals surface area contributed by atoms with Crippen LogP contribution in [0.3, 0.4) is 0 Å². The van der Waals surface area contributed by atoms with Gasteiger partial charge < -0.3 is 19.5 Å². The lowest BCUT2D eigenvalue weighted by Crippen LogP contribution is -2.43. The number of carbonyl (C=O) groups excluding carboxylic acids is 3. The highest BCUT2D eigenvalue weighted by molar-refractivity contribution is 5.85. The summed E-state index contributed by atoms with van der Waals surface area (Å²) < 4.78 is 16.0. The van der Waals surface area contributed by atoms with Crippen molar-refractivity contribution in [2.75, 3.05) is 20.3 Å². The summed E-state index contributed by atoms with van der Waals surface area (Å²) >= 11 is 0. The second-order valence-corrected chi connectivity index (χ2v) is 7.24. The highest BCUT2D eigenvalue weighted by Crippen LogP contribution is 2.12. The number of nitrogens with one attached hydrogen (secondary N) is 1. The maximum Gasteiger partial charge on any atom is 0.329 e. The Hall–Kier alpha value is -2.67. The van der Waals surface area contributed by atoms with Gasteiger partial charge in [-0.2, -0.15) is 0 Å². The molecule has 0 saturated heterocycles. The summed E-state index contributed by atoms with van der Waals surface area (Å²) in [6, 6.07) is 8.52. The molecule has 1 aliphatic rings. The molecule has 0 radical (unpaired) electrons. The van der Waals surface area contributed by atoms with Crippen LogP contribution in [0.5, 0.6) is 0 Å². The zero-order chi connectivity index (χ0) is 21.2. The molecule has 0 bridgehead atoms. The SMILES string of the molecule is CO[C@H]1COC(=O)[C@@H](C)COC(=O)[C@H](Cc2ccccc2)NC(=O)CC=C[C@H]1C. The van der Waals surface area contributed by atoms with Crippen LogP contribution >= 0.6 is 0 Å². The van der Waals surface area contributed by atoms with E-state index in [1.807, 2.05) is 43.3 Å². The average molecular weight is 403 g/mol. The Morgan fingerprint density at radius 3 is 2.41 bits per heavy atom. The van der Waals surface area contributed by atoms with Crippen molar-refractivity contribution < 1.29 is 28.6 Å². The van der Waals surface area contributed by atoms with Crippen LogP contribution < -0.4 is 5.32 Å². The third kappa shape index (κ3) is 7.34. The second-order valence-electron chi connectivity index (χ2n) is 7.24. The molecule has 7 heteroatoms. The largest absolute Gasteiger partial charge is 0.463 e. The second kappa shape index (κ2) is 11.4. The number of carbonyl (C=O) groups is 3. The Kier molecular flexibility index (Phi) is 8.86. The van der Waals surface area contributed by atoms with Crippen LogP contribution in [0.25, 0.3) is 0 Å². The summed E-state index contributed by atoms with van der Waals surface area (Å²) in [5.74, 6) is -2.01. The van der Waals surface area contributed by atoms with Gasteiger partial charge in [0.2, 0.25) is 5.91 Å². The molecule has 0 fully saturated rings. The van der Waals surface area contributed by atoms with Crippen molar-refractivity contribution in [2.24, 2.45) is 11.8 Å². The van der Waals surface area contributed by atoms with Gasteiger partial charge in [0.05, 0.1) is 12.0 Å². The van der Waals surface area contributed by atoms with E-state index in [0.29, 0.717) is 6.42 Å². The first-order valence-corrected chi connectivity index (χ1v) is 9.76. The molecule has 1 aromatic carbocycles. The number of methoxy groups -OCH3 is 1. The minimum atomic E-state index is -0.837. The zero-order valence-electron chi connectivity index (χ0n) is 17.1. The first kappa shape index (κ1) is 22.6. The Bertz CT molecular complexity index is 717. The predicted molar refractivity (Wildman–Crippen MR) is 107 cm³/mol. The molecule has 7 nitrogen and oxygen atoms in total. The molecule has 0 spiro atoms. The lowest BCUT2D eigenvalue weighted by molar-refractivity contribution is -0.158. The van der Waals surface area contributed by atoms with Crippen molar-refractivity contribution in [3.05, 3.63) is 48.0 Å². The van der Waals surface area contributed by atoms with Crippen molar-refractivity contribution >= 4 is 17.8 Å². The number of cyclic esters (lactones) is 2. The fourth-order valence-corrected chi connectivity index (χ4v) is 2.93. The van der Waals surface area contributed by atoms with E-state index < -0.39 is 23.9 Å². The standard InChI is InChI=1S/C22H29NO6/c1-15-8-7-11-20(24)23-18(12-17-9-5-4-6-10-17)22(26)28-13-16(2)21(25)29-14-19(15)27-3/h4-10,15-16,18-19H,11-14H2,1-3H3,(H,23,24)/t15-,16+,18+,19+/m1/s1. The Labute approximate surface area is 171 Å². The number of hydrogen-bond acceptors (Lipinski definition) is 6. The van der Waals surface area contributed by atoms with Crippen molar-refractivity contribution in [3.63, 3.8) is 0 Å². The molecule has 2 rings (SSSR count). The first-order chi connectivity index (χ1) is 13.9. The van der Waals surface area contributed by atoms with E-state index >= 15 is 0 Å². The maximum atomic E-state index is 12.6. The Morgan fingerprint density at radius 2 is 1.72 bits per heavy atom. The molecule has 4 atom stereocenters. The van der Waals surface area contributed by atoms with E-state index in [4.69, 9.17) is 14.2 Å². The van der Waals surface area contributed by atoms with E-state index in [2.05, 4.69) is 5.32 Å². The van der Waals surface area contributed by atoms with Crippen LogP contribution in [0.15, 0.2) is 42.5 Å². The number of benzene rings is 1. The third-order valence-electron chi connectivity index (χ3n) is 4.80. The van der Waals surface area contributed by atoms with Gasteiger partial charge in [-0.1, -0.05) is 49.4 Å². The summed E-state index contributed by atoms with van der Waals surface area (Å²) in [5.41, 5.74) is 0.896. The van der Waals surface area contributed by atoms with Crippen LogP contribution in [0.2, 0.25) is 0 Å². The van der Waals surface area contributed by atoms with Crippen molar-refractivity contribution in [2.45, 2.75) is 38.8 Å². The van der Waals surface area contributed by atoms with Gasteiger partial charge in [-0.3, -0.25) is 9.59 Å². The summed E-state index contributed by atoms with van der Waals surface area (Å²) in [7, 11) is 1.54. The summed E-state index contributed by atoms with van der Waals surface area (Å²) in [4.78, 5) is 37.1. The first-order valence-electron chi connectivity index (χ1n) is 9.76. The predicted octanol–water partition coefficient (Wildman–Crippen LogP) is 2.05. The van der Waals surface area contributed by atoms with Gasteiger partial charge >= 0.3 is 11.9 Å². The molecule has 1 heterocycles. The molecule has 1 amide bonds. The lowest BCUT2D eigenvalue weighted by Gasteiger charge is -2.21. The number of rotatable bonds is 3. The Morgan fingerprint density at radius 1 is 1.03 bits per heavy atom. The van der Waals surface area contributed by atoms with Gasteiger partial charge in [-0.05, 0) is 12.5 Å². The smallest absolute Gasteiger partial charge is 0.329 e. The van der Waals surface area contributed by atoms with E-state index in [-0.39, 0.29) is 37.6 Å². The number of ether oxygens (including phenoxy) is 3. The summed E-state index contributed by atoms with van der Waals surface area (Å²) in [5, 5.41) is 2.74. The fraction of sp³-hybridized carbons (Fsp3) is 0.500. The van der Waals surface area contributed by atoms with Gasteiger partial charge in [0.25, 0.3) is 0 Å². The molecular formula is C22H29NO6. The topological polar surface area (TPSA) is 90.9 Å². The minimum Gasteiger partial charge on any atom is -0.463 e. The monoisotopic (exact) mass is 403 g/mol. The molecule has 1 N–H and O–H groups in total. The van der Waals surface area contributed by atoms with Crippen molar-refractivity contribution in [1.82, 2.24) is 5.32 Å². The zero-order valence-corrected chi connectivity index (χ0v) is 17.1. The summed E-state index contributed by atoms with van der Waals surface area (Å²) in [6.45, 7) is 3.51. The van der Waals surface area contributed by atoms with Crippen LogP contribution in [0, 0.1) is 11.8 Å². The highest BCUT2D eigenvalue weighted by Gasteiger charge is 2.26. The maximum absolute atomic E-state index is 12.6. The van der Waals surface area contributed by atoms with Crippen molar-refractivity contribution in [3.8, 4) is 0 Å². The average Bonchev–Trinajstić information content (AvgIpc) is 2.71. The van der Waals surface area contributed by atoms with Gasteiger partial charge in [-0.25, -0.2) is 4.79 Å². The van der Waals surface area contributed by atoms with Crippen LogP contribution in [0.4, 0.5) is 0 Å². The van der Waals surface area contributed by atoms with Gasteiger partial charge in [0.1, 0.15) is 19.3 Å². The van der Waals surface area contributed by atoms with Gasteiger partial charge in [0.15, 0.2) is 0 Å². The molecule has 158 valence electrons. The quantitative estimate of drug-likeness (QED) is 0.614. The van der Waals surface area contributed by atoms with Crippen LogP contribution in [-0.4, -0.2) is 50.3 Å². The lowest BCUT2D eigenvalue weighted by atomic mass is 10.0. The minimum absolute atomic E-state index is 0.0565.